The van der Waals surface area contributed by atoms with E-state index < -0.39 is 26.9 Å². The fourth-order valence-corrected chi connectivity index (χ4v) is 4.88. The second-order valence-corrected chi connectivity index (χ2v) is 11.4. The second kappa shape index (κ2) is 7.93. The van der Waals surface area contributed by atoms with Crippen molar-refractivity contribution in [2.75, 3.05) is 18.8 Å². The number of hydrogen-bond acceptors (Lipinski definition) is 8. The number of nitriles is 1. The van der Waals surface area contributed by atoms with Crippen LogP contribution in [0.1, 0.15) is 34.1 Å². The molecule has 1 saturated heterocycles. The second-order valence-electron chi connectivity index (χ2n) is 9.13. The molecule has 0 spiro atoms. The zero-order valence-corrected chi connectivity index (χ0v) is 19.7. The SMILES string of the molecule is CCS(=O)(=O)N1CC(CC#N)(n2cc(-c3ncnc4c3ccn4OC(=O)C(C)(C)C)cn2)C1. The maximum Gasteiger partial charge on any atom is 0.338 e. The minimum atomic E-state index is -3.33. The van der Waals surface area contributed by atoms with Crippen LogP contribution in [0.3, 0.4) is 0 Å². The van der Waals surface area contributed by atoms with Gasteiger partial charge in [0.2, 0.25) is 10.0 Å². The van der Waals surface area contributed by atoms with E-state index in [1.807, 2.05) is 0 Å². The van der Waals surface area contributed by atoms with E-state index in [0.29, 0.717) is 22.3 Å². The summed E-state index contributed by atoms with van der Waals surface area (Å²) < 4.78 is 28.7. The van der Waals surface area contributed by atoms with Crippen molar-refractivity contribution in [3.05, 3.63) is 31.0 Å². The Balaban J connectivity index is 1.66. The van der Waals surface area contributed by atoms with Crippen LogP contribution in [0.2, 0.25) is 0 Å². The predicted molar refractivity (Wildman–Crippen MR) is 119 cm³/mol. The van der Waals surface area contributed by atoms with E-state index in [9.17, 15) is 18.5 Å². The number of fused-ring (bicyclic) bond motifs is 1. The zero-order chi connectivity index (χ0) is 24.0. The van der Waals surface area contributed by atoms with Crippen LogP contribution in [-0.2, 0) is 20.4 Å². The molecular formula is C21H25N7O4S. The summed E-state index contributed by atoms with van der Waals surface area (Å²) in [6.45, 7) is 7.27. The number of nitrogens with zero attached hydrogens (tertiary/aromatic N) is 7. The summed E-state index contributed by atoms with van der Waals surface area (Å²) in [6.07, 6.45) is 6.49. The van der Waals surface area contributed by atoms with Crippen molar-refractivity contribution >= 4 is 27.0 Å². The summed E-state index contributed by atoms with van der Waals surface area (Å²) in [7, 11) is -3.33. The van der Waals surface area contributed by atoms with E-state index in [2.05, 4.69) is 21.1 Å². The third kappa shape index (κ3) is 3.98. The first-order valence-electron chi connectivity index (χ1n) is 10.5. The number of hydrogen-bond donors (Lipinski definition) is 0. The van der Waals surface area contributed by atoms with Gasteiger partial charge >= 0.3 is 5.97 Å². The first kappa shape index (κ1) is 22.9. The highest BCUT2D eigenvalue weighted by Gasteiger charge is 2.49. The third-order valence-electron chi connectivity index (χ3n) is 5.69. The molecule has 1 fully saturated rings. The van der Waals surface area contributed by atoms with Gasteiger partial charge in [0.25, 0.3) is 0 Å². The average Bonchev–Trinajstić information content (AvgIpc) is 3.37. The minimum Gasteiger partial charge on any atom is -0.334 e. The third-order valence-corrected chi connectivity index (χ3v) is 7.47. The van der Waals surface area contributed by atoms with Crippen LogP contribution in [0.25, 0.3) is 22.3 Å². The zero-order valence-electron chi connectivity index (χ0n) is 18.9. The molecule has 0 aromatic carbocycles. The Hall–Kier alpha value is -3.30. The Morgan fingerprint density at radius 2 is 2.03 bits per heavy atom. The molecule has 1 aliphatic heterocycles. The molecule has 4 heterocycles. The molecule has 33 heavy (non-hydrogen) atoms. The molecule has 0 amide bonds. The van der Waals surface area contributed by atoms with Crippen LogP contribution in [0.15, 0.2) is 31.0 Å². The fraction of sp³-hybridized carbons (Fsp3) is 0.476. The molecule has 0 N–H and O–H groups in total. The Morgan fingerprint density at radius 1 is 1.30 bits per heavy atom. The smallest absolute Gasteiger partial charge is 0.334 e. The maximum absolute atomic E-state index is 12.3. The Morgan fingerprint density at radius 3 is 2.67 bits per heavy atom. The van der Waals surface area contributed by atoms with Crippen molar-refractivity contribution in [2.45, 2.75) is 39.7 Å². The first-order chi connectivity index (χ1) is 15.5. The standard InChI is InChI=1S/C21H25N7O4S/c1-5-33(30,31)26-12-21(13-26,7-8-22)28-11-15(10-25-28)17-16-6-9-27(18(16)24-14-23-17)32-19(29)20(2,3)4/h6,9-11,14H,5,7,12-13H2,1-4H3. The molecule has 174 valence electrons. The molecular weight excluding hydrogens is 446 g/mol. The highest BCUT2D eigenvalue weighted by Crippen LogP contribution is 2.36. The first-order valence-corrected chi connectivity index (χ1v) is 12.1. The lowest BCUT2D eigenvalue weighted by Crippen LogP contribution is -2.64. The van der Waals surface area contributed by atoms with Crippen LogP contribution < -0.4 is 4.84 Å². The van der Waals surface area contributed by atoms with Crippen molar-refractivity contribution in [1.29, 1.82) is 5.26 Å². The quantitative estimate of drug-likeness (QED) is 0.528. The van der Waals surface area contributed by atoms with Gasteiger partial charge in [-0.3, -0.25) is 4.68 Å². The lowest BCUT2D eigenvalue weighted by Gasteiger charge is -2.47. The molecule has 1 aliphatic rings. The predicted octanol–water partition coefficient (Wildman–Crippen LogP) is 1.57. The van der Waals surface area contributed by atoms with Crippen LogP contribution in [0.4, 0.5) is 0 Å². The molecule has 0 unspecified atom stereocenters. The molecule has 4 rings (SSSR count). The Bertz CT molecular complexity index is 1360. The number of sulfonamides is 1. The molecule has 0 saturated carbocycles. The van der Waals surface area contributed by atoms with Crippen molar-refractivity contribution in [1.82, 2.24) is 28.8 Å². The van der Waals surface area contributed by atoms with Gasteiger partial charge in [0.1, 0.15) is 11.9 Å². The van der Waals surface area contributed by atoms with Gasteiger partial charge in [-0.2, -0.15) is 19.4 Å². The van der Waals surface area contributed by atoms with Gasteiger partial charge < -0.3 is 4.84 Å². The molecule has 0 bridgehead atoms. The van der Waals surface area contributed by atoms with E-state index >= 15 is 0 Å². The fourth-order valence-electron chi connectivity index (χ4n) is 3.64. The molecule has 0 radical (unpaired) electrons. The van der Waals surface area contributed by atoms with Crippen LogP contribution in [-0.4, -0.2) is 62.0 Å². The molecule has 3 aromatic heterocycles. The lowest BCUT2D eigenvalue weighted by atomic mass is 9.89. The summed E-state index contributed by atoms with van der Waals surface area (Å²) in [5, 5.41) is 14.4. The lowest BCUT2D eigenvalue weighted by molar-refractivity contribution is -0.152. The largest absolute Gasteiger partial charge is 0.338 e. The van der Waals surface area contributed by atoms with Crippen LogP contribution >= 0.6 is 0 Å². The van der Waals surface area contributed by atoms with Crippen molar-refractivity contribution < 1.29 is 18.0 Å². The Kier molecular flexibility index (Phi) is 5.50. The molecule has 12 heteroatoms. The van der Waals surface area contributed by atoms with Gasteiger partial charge in [0.15, 0.2) is 5.65 Å². The van der Waals surface area contributed by atoms with E-state index in [0.717, 1.165) is 0 Å². The number of aromatic nitrogens is 5. The summed E-state index contributed by atoms with van der Waals surface area (Å²) in [6, 6.07) is 3.90. The summed E-state index contributed by atoms with van der Waals surface area (Å²) in [5.74, 6) is -0.390. The minimum absolute atomic E-state index is 0.00961. The summed E-state index contributed by atoms with van der Waals surface area (Å²) >= 11 is 0. The summed E-state index contributed by atoms with van der Waals surface area (Å²) in [5.41, 5.74) is 0.291. The van der Waals surface area contributed by atoms with Gasteiger partial charge in [-0.1, -0.05) is 0 Å². The van der Waals surface area contributed by atoms with Gasteiger partial charge in [-0.15, -0.1) is 0 Å². The Labute approximate surface area is 191 Å². The summed E-state index contributed by atoms with van der Waals surface area (Å²) in [4.78, 5) is 26.4. The molecule has 11 nitrogen and oxygen atoms in total. The average molecular weight is 472 g/mol. The van der Waals surface area contributed by atoms with E-state index in [4.69, 9.17) is 4.84 Å². The van der Waals surface area contributed by atoms with E-state index in [1.54, 1.807) is 57.0 Å². The molecule has 0 aliphatic carbocycles. The van der Waals surface area contributed by atoms with Gasteiger partial charge in [-0.05, 0) is 33.8 Å². The molecule has 0 atom stereocenters. The van der Waals surface area contributed by atoms with Crippen molar-refractivity contribution in [2.24, 2.45) is 5.41 Å². The monoisotopic (exact) mass is 471 g/mol. The van der Waals surface area contributed by atoms with Gasteiger partial charge in [0, 0.05) is 36.4 Å². The van der Waals surface area contributed by atoms with Gasteiger partial charge in [0.05, 0.1) is 35.5 Å². The highest BCUT2D eigenvalue weighted by atomic mass is 32.2. The van der Waals surface area contributed by atoms with E-state index in [-0.39, 0.29) is 25.3 Å². The normalized spacial score (nSPS) is 16.3. The highest BCUT2D eigenvalue weighted by molar-refractivity contribution is 7.89. The number of carbonyl (C=O) groups is 1. The number of rotatable bonds is 6. The van der Waals surface area contributed by atoms with Crippen molar-refractivity contribution in [3.8, 4) is 17.3 Å². The maximum atomic E-state index is 12.3. The molecule has 3 aromatic rings. The van der Waals surface area contributed by atoms with Crippen molar-refractivity contribution in [3.63, 3.8) is 0 Å². The van der Waals surface area contributed by atoms with E-state index in [1.165, 1.54) is 15.4 Å². The van der Waals surface area contributed by atoms with Gasteiger partial charge in [-0.25, -0.2) is 23.2 Å². The van der Waals surface area contributed by atoms with Crippen LogP contribution in [0, 0.1) is 16.7 Å². The topological polar surface area (TPSA) is 136 Å². The number of carbonyl (C=O) groups excluding carboxylic acids is 1. The van der Waals surface area contributed by atoms with Crippen LogP contribution in [0.5, 0.6) is 0 Å².